The van der Waals surface area contributed by atoms with Crippen LogP contribution in [0.5, 0.6) is 0 Å². The van der Waals surface area contributed by atoms with Crippen molar-refractivity contribution in [1.82, 2.24) is 9.55 Å². The van der Waals surface area contributed by atoms with E-state index in [1.165, 1.54) is 12.3 Å². The zero-order chi connectivity index (χ0) is 22.1. The lowest BCUT2D eigenvalue weighted by atomic mass is 10.2. The van der Waals surface area contributed by atoms with Crippen molar-refractivity contribution in [2.75, 3.05) is 11.1 Å². The van der Waals surface area contributed by atoms with Gasteiger partial charge in [0.15, 0.2) is 5.69 Å². The van der Waals surface area contributed by atoms with Crippen LogP contribution in [0.3, 0.4) is 0 Å². The van der Waals surface area contributed by atoms with E-state index in [2.05, 4.69) is 69.5 Å². The fourth-order valence-electron chi connectivity index (χ4n) is 3.43. The Labute approximate surface area is 192 Å². The van der Waals surface area contributed by atoms with E-state index in [1.54, 1.807) is 12.1 Å². The van der Waals surface area contributed by atoms with E-state index < -0.39 is 5.91 Å². The fraction of sp³-hybridized carbons (Fsp3) is 0.174. The van der Waals surface area contributed by atoms with Crippen molar-refractivity contribution in [3.05, 3.63) is 63.7 Å². The van der Waals surface area contributed by atoms with Crippen molar-refractivity contribution >= 4 is 57.1 Å². The minimum absolute atomic E-state index is 0.126. The maximum atomic E-state index is 12.7. The molecule has 0 radical (unpaired) electrons. The summed E-state index contributed by atoms with van der Waals surface area (Å²) in [6, 6.07) is 10.9. The van der Waals surface area contributed by atoms with E-state index in [4.69, 9.17) is 10.2 Å². The molecular weight excluding hydrogens is 507 g/mol. The number of halogens is 1. The number of nitrogens with zero attached hydrogens (tertiary/aromatic N) is 2. The highest BCUT2D eigenvalue weighted by Gasteiger charge is 2.19. The Balaban J connectivity index is 1.67. The average molecular weight is 528 g/mol. The first kappa shape index (κ1) is 21.1. The molecule has 2 aromatic heterocycles. The van der Waals surface area contributed by atoms with Gasteiger partial charge < -0.3 is 20.0 Å². The third kappa shape index (κ3) is 4.34. The number of amides is 1. The number of oxazole rings is 1. The number of nitrogen functional groups attached to an aromatic ring is 1. The SMILES string of the molecule is CC(C)Cn1cc(-c2nc(C(=O)Nc3cc(C=O)ccc3N)co2)c2cc(I)ccc21. The van der Waals surface area contributed by atoms with Crippen molar-refractivity contribution in [3.8, 4) is 11.5 Å². The zero-order valence-corrected chi connectivity index (χ0v) is 19.2. The lowest BCUT2D eigenvalue weighted by molar-refractivity contribution is 0.102. The van der Waals surface area contributed by atoms with Gasteiger partial charge in [-0.2, -0.15) is 0 Å². The first-order chi connectivity index (χ1) is 14.9. The van der Waals surface area contributed by atoms with E-state index in [-0.39, 0.29) is 5.69 Å². The van der Waals surface area contributed by atoms with Crippen molar-refractivity contribution < 1.29 is 14.0 Å². The van der Waals surface area contributed by atoms with Crippen LogP contribution in [0.25, 0.3) is 22.4 Å². The summed E-state index contributed by atoms with van der Waals surface area (Å²) >= 11 is 2.27. The number of hydrogen-bond acceptors (Lipinski definition) is 5. The first-order valence-corrected chi connectivity index (χ1v) is 10.8. The second-order valence-corrected chi connectivity index (χ2v) is 8.95. The smallest absolute Gasteiger partial charge is 0.277 e. The average Bonchev–Trinajstić information content (AvgIpc) is 3.34. The van der Waals surface area contributed by atoms with E-state index in [9.17, 15) is 9.59 Å². The van der Waals surface area contributed by atoms with E-state index >= 15 is 0 Å². The molecule has 0 saturated heterocycles. The number of benzene rings is 2. The van der Waals surface area contributed by atoms with Crippen LogP contribution in [0.1, 0.15) is 34.7 Å². The van der Waals surface area contributed by atoms with Gasteiger partial charge in [0.25, 0.3) is 5.91 Å². The highest BCUT2D eigenvalue weighted by molar-refractivity contribution is 14.1. The molecule has 0 fully saturated rings. The molecule has 0 aliphatic carbocycles. The lowest BCUT2D eigenvalue weighted by Crippen LogP contribution is -2.13. The van der Waals surface area contributed by atoms with Crippen molar-refractivity contribution in [1.29, 1.82) is 0 Å². The number of hydrogen-bond donors (Lipinski definition) is 2. The molecule has 0 atom stereocenters. The number of nitrogens with one attached hydrogen (secondary N) is 1. The Morgan fingerprint density at radius 2 is 2.10 bits per heavy atom. The van der Waals surface area contributed by atoms with Crippen LogP contribution < -0.4 is 11.1 Å². The molecule has 4 rings (SSSR count). The number of nitrogens with two attached hydrogens (primary N) is 1. The van der Waals surface area contributed by atoms with Crippen molar-refractivity contribution in [2.45, 2.75) is 20.4 Å². The standard InChI is InChI=1S/C23H21IN4O3/c1-13(2)9-28-10-17(16-8-15(24)4-6-21(16)28)23-27-20(12-31-23)22(30)26-19-7-14(11-29)3-5-18(19)25/h3-8,10-13H,9,25H2,1-2H3,(H,26,30). The van der Waals surface area contributed by atoms with Gasteiger partial charge in [-0.15, -0.1) is 0 Å². The summed E-state index contributed by atoms with van der Waals surface area (Å²) in [6.45, 7) is 5.19. The van der Waals surface area contributed by atoms with Gasteiger partial charge in [0.1, 0.15) is 12.5 Å². The third-order valence-corrected chi connectivity index (χ3v) is 5.50. The van der Waals surface area contributed by atoms with Crippen LogP contribution in [0, 0.1) is 9.49 Å². The van der Waals surface area contributed by atoms with Gasteiger partial charge >= 0.3 is 0 Å². The Morgan fingerprint density at radius 3 is 2.84 bits per heavy atom. The number of aromatic nitrogens is 2. The number of fused-ring (bicyclic) bond motifs is 1. The van der Waals surface area contributed by atoms with Gasteiger partial charge in [-0.25, -0.2) is 4.98 Å². The molecule has 158 valence electrons. The number of rotatable bonds is 6. The van der Waals surface area contributed by atoms with Gasteiger partial charge in [0.2, 0.25) is 5.89 Å². The molecule has 0 aliphatic heterocycles. The van der Waals surface area contributed by atoms with E-state index in [0.29, 0.717) is 35.0 Å². The normalized spacial score (nSPS) is 11.2. The summed E-state index contributed by atoms with van der Waals surface area (Å²) in [5.74, 6) is 0.376. The zero-order valence-electron chi connectivity index (χ0n) is 17.1. The van der Waals surface area contributed by atoms with Crippen LogP contribution in [0.2, 0.25) is 0 Å². The molecular formula is C23H21IN4O3. The molecule has 8 heteroatoms. The Kier molecular flexibility index (Phi) is 5.81. The second kappa shape index (κ2) is 8.54. The predicted octanol–water partition coefficient (Wildman–Crippen LogP) is 5.20. The molecule has 0 saturated carbocycles. The van der Waals surface area contributed by atoms with Crippen LogP contribution in [-0.2, 0) is 6.54 Å². The molecule has 4 aromatic rings. The van der Waals surface area contributed by atoms with Gasteiger partial charge in [0.05, 0.1) is 16.9 Å². The minimum atomic E-state index is -0.467. The van der Waals surface area contributed by atoms with Gasteiger partial charge in [-0.05, 0) is 64.9 Å². The van der Waals surface area contributed by atoms with Crippen LogP contribution in [0.15, 0.2) is 53.3 Å². The number of carbonyl (C=O) groups is 2. The largest absolute Gasteiger partial charge is 0.444 e. The van der Waals surface area contributed by atoms with Crippen LogP contribution in [0.4, 0.5) is 11.4 Å². The Morgan fingerprint density at radius 1 is 1.29 bits per heavy atom. The highest BCUT2D eigenvalue weighted by atomic mass is 127. The molecule has 0 aliphatic rings. The molecule has 1 amide bonds. The lowest BCUT2D eigenvalue weighted by Gasteiger charge is -2.07. The molecule has 7 nitrogen and oxygen atoms in total. The summed E-state index contributed by atoms with van der Waals surface area (Å²) in [5.41, 5.74) is 9.07. The molecule has 0 spiro atoms. The van der Waals surface area contributed by atoms with E-state index in [0.717, 1.165) is 26.6 Å². The summed E-state index contributed by atoms with van der Waals surface area (Å²) < 4.78 is 8.96. The van der Waals surface area contributed by atoms with Crippen molar-refractivity contribution in [2.24, 2.45) is 5.92 Å². The summed E-state index contributed by atoms with van der Waals surface area (Å²) in [6.07, 6.45) is 4.03. The number of carbonyl (C=O) groups excluding carboxylic acids is 2. The monoisotopic (exact) mass is 528 g/mol. The Hall–Kier alpha value is -3.14. The minimum Gasteiger partial charge on any atom is -0.444 e. The highest BCUT2D eigenvalue weighted by Crippen LogP contribution is 2.32. The molecule has 0 bridgehead atoms. The predicted molar refractivity (Wildman–Crippen MR) is 129 cm³/mol. The number of anilines is 2. The van der Waals surface area contributed by atoms with Crippen molar-refractivity contribution in [3.63, 3.8) is 0 Å². The summed E-state index contributed by atoms with van der Waals surface area (Å²) in [4.78, 5) is 28.1. The number of aldehydes is 1. The van der Waals surface area contributed by atoms with Gasteiger partial charge in [0, 0.05) is 32.8 Å². The first-order valence-electron chi connectivity index (χ1n) is 9.76. The van der Waals surface area contributed by atoms with Crippen LogP contribution >= 0.6 is 22.6 Å². The molecule has 31 heavy (non-hydrogen) atoms. The third-order valence-electron chi connectivity index (χ3n) is 4.83. The summed E-state index contributed by atoms with van der Waals surface area (Å²) in [7, 11) is 0. The Bertz CT molecular complexity index is 1290. The molecule has 3 N–H and O–H groups in total. The topological polar surface area (TPSA) is 103 Å². The molecule has 2 heterocycles. The fourth-order valence-corrected chi connectivity index (χ4v) is 3.92. The van der Waals surface area contributed by atoms with Crippen LogP contribution in [-0.4, -0.2) is 21.7 Å². The summed E-state index contributed by atoms with van der Waals surface area (Å²) in [5, 5.41) is 3.71. The molecule has 0 unspecified atom stereocenters. The maximum absolute atomic E-state index is 12.7. The van der Waals surface area contributed by atoms with Gasteiger partial charge in [-0.1, -0.05) is 13.8 Å². The van der Waals surface area contributed by atoms with E-state index in [1.807, 2.05) is 6.20 Å². The quantitative estimate of drug-likeness (QED) is 0.203. The van der Waals surface area contributed by atoms with Gasteiger partial charge in [-0.3, -0.25) is 9.59 Å². The maximum Gasteiger partial charge on any atom is 0.277 e. The molecule has 2 aromatic carbocycles. The second-order valence-electron chi connectivity index (χ2n) is 7.71.